The van der Waals surface area contributed by atoms with Crippen molar-refractivity contribution in [2.75, 3.05) is 6.61 Å². The average Bonchev–Trinajstić information content (AvgIpc) is 2.99. The summed E-state index contributed by atoms with van der Waals surface area (Å²) in [5.41, 5.74) is 1.45. The van der Waals surface area contributed by atoms with Gasteiger partial charge in [-0.15, -0.1) is 0 Å². The minimum Gasteiger partial charge on any atom is -0.452 e. The van der Waals surface area contributed by atoms with E-state index in [0.717, 1.165) is 10.0 Å². The second kappa shape index (κ2) is 7.38. The zero-order valence-corrected chi connectivity index (χ0v) is 13.7. The van der Waals surface area contributed by atoms with Crippen molar-refractivity contribution < 1.29 is 14.3 Å². The number of halogens is 1. The molecule has 110 valence electrons. The highest BCUT2D eigenvalue weighted by Gasteiger charge is 2.13. The highest BCUT2D eigenvalue weighted by Crippen LogP contribution is 2.16. The molecule has 0 saturated carbocycles. The Morgan fingerprint density at radius 3 is 2.62 bits per heavy atom. The van der Waals surface area contributed by atoms with E-state index in [9.17, 15) is 9.59 Å². The van der Waals surface area contributed by atoms with Gasteiger partial charge < -0.3 is 10.1 Å². The van der Waals surface area contributed by atoms with Crippen LogP contribution in [0.2, 0.25) is 0 Å². The van der Waals surface area contributed by atoms with Crippen LogP contribution in [-0.4, -0.2) is 18.5 Å². The first-order valence-electron chi connectivity index (χ1n) is 6.30. The van der Waals surface area contributed by atoms with E-state index < -0.39 is 5.97 Å². The van der Waals surface area contributed by atoms with Crippen molar-refractivity contribution in [3.05, 3.63) is 56.7 Å². The number of carbonyl (C=O) groups is 2. The summed E-state index contributed by atoms with van der Waals surface area (Å²) in [7, 11) is 0. The summed E-state index contributed by atoms with van der Waals surface area (Å²) in [6.45, 7) is 1.59. The Labute approximate surface area is 135 Å². The molecular weight excluding hydrogens is 354 g/mol. The molecule has 1 amide bonds. The molecule has 2 aromatic rings. The molecule has 0 radical (unpaired) electrons. The second-order valence-corrected chi connectivity index (χ2v) is 6.12. The van der Waals surface area contributed by atoms with E-state index in [0.29, 0.717) is 5.56 Å². The quantitative estimate of drug-likeness (QED) is 0.822. The van der Waals surface area contributed by atoms with Crippen molar-refractivity contribution in [1.29, 1.82) is 0 Å². The number of ether oxygens (including phenoxy) is 1. The number of esters is 1. The number of nitrogens with one attached hydrogen (secondary N) is 1. The molecule has 0 aliphatic rings. The van der Waals surface area contributed by atoms with Crippen molar-refractivity contribution in [2.24, 2.45) is 0 Å². The van der Waals surface area contributed by atoms with Gasteiger partial charge in [0, 0.05) is 9.85 Å². The number of benzene rings is 1. The molecule has 0 fully saturated rings. The van der Waals surface area contributed by atoms with Gasteiger partial charge in [-0.2, -0.15) is 11.3 Å². The fraction of sp³-hybridized carbons (Fsp3) is 0.200. The summed E-state index contributed by atoms with van der Waals surface area (Å²) in [5.74, 6) is -0.809. The molecule has 2 rings (SSSR count). The minimum atomic E-state index is -0.484. The van der Waals surface area contributed by atoms with Crippen LogP contribution in [0.5, 0.6) is 0 Å². The third kappa shape index (κ3) is 4.68. The van der Waals surface area contributed by atoms with E-state index in [1.165, 1.54) is 11.3 Å². The first-order valence-corrected chi connectivity index (χ1v) is 8.04. The van der Waals surface area contributed by atoms with E-state index in [2.05, 4.69) is 21.2 Å². The van der Waals surface area contributed by atoms with E-state index >= 15 is 0 Å². The summed E-state index contributed by atoms with van der Waals surface area (Å²) in [6.07, 6.45) is 0. The summed E-state index contributed by atoms with van der Waals surface area (Å²) in [5, 5.41) is 6.26. The molecule has 6 heteroatoms. The first-order chi connectivity index (χ1) is 10.1. The minimum absolute atomic E-state index is 0.148. The molecule has 4 nitrogen and oxygen atoms in total. The molecule has 1 aromatic carbocycles. The molecule has 1 N–H and O–H groups in total. The van der Waals surface area contributed by atoms with Crippen molar-refractivity contribution in [3.63, 3.8) is 0 Å². The topological polar surface area (TPSA) is 55.4 Å². The molecule has 1 heterocycles. The summed E-state index contributed by atoms with van der Waals surface area (Å²) in [4.78, 5) is 23.4. The van der Waals surface area contributed by atoms with Gasteiger partial charge in [-0.05, 0) is 36.1 Å². The average molecular weight is 368 g/mol. The Morgan fingerprint density at radius 2 is 2.00 bits per heavy atom. The van der Waals surface area contributed by atoms with E-state index in [4.69, 9.17) is 4.74 Å². The molecule has 0 spiro atoms. The van der Waals surface area contributed by atoms with Crippen LogP contribution in [0.3, 0.4) is 0 Å². The lowest BCUT2D eigenvalue weighted by atomic mass is 10.1. The smallest absolute Gasteiger partial charge is 0.339 e. The number of hydrogen-bond donors (Lipinski definition) is 1. The summed E-state index contributed by atoms with van der Waals surface area (Å²) < 4.78 is 5.93. The number of carbonyl (C=O) groups excluding carboxylic acids is 2. The maximum atomic E-state index is 11.8. The van der Waals surface area contributed by atoms with Crippen molar-refractivity contribution in [2.45, 2.75) is 13.0 Å². The predicted molar refractivity (Wildman–Crippen MR) is 85.3 cm³/mol. The number of amides is 1. The lowest BCUT2D eigenvalue weighted by Gasteiger charge is -2.14. The van der Waals surface area contributed by atoms with Crippen LogP contribution < -0.4 is 5.32 Å². The molecule has 21 heavy (non-hydrogen) atoms. The maximum absolute atomic E-state index is 11.8. The zero-order chi connectivity index (χ0) is 15.2. The highest BCUT2D eigenvalue weighted by molar-refractivity contribution is 9.10. The molecule has 1 unspecified atom stereocenters. The zero-order valence-electron chi connectivity index (χ0n) is 11.3. The molecular formula is C15H14BrNO3S. The monoisotopic (exact) mass is 367 g/mol. The molecule has 0 aliphatic carbocycles. The third-order valence-corrected chi connectivity index (χ3v) is 4.05. The maximum Gasteiger partial charge on any atom is 0.339 e. The number of hydrogen-bond acceptors (Lipinski definition) is 4. The van der Waals surface area contributed by atoms with Crippen LogP contribution in [0.25, 0.3) is 0 Å². The van der Waals surface area contributed by atoms with Gasteiger partial charge in [0.2, 0.25) is 0 Å². The van der Waals surface area contributed by atoms with Gasteiger partial charge in [-0.3, -0.25) is 4.79 Å². The molecule has 0 bridgehead atoms. The summed E-state index contributed by atoms with van der Waals surface area (Å²) in [6, 6.07) is 9.18. The molecule has 0 saturated heterocycles. The Hall–Kier alpha value is -1.66. The van der Waals surface area contributed by atoms with E-state index in [1.807, 2.05) is 31.2 Å². The number of rotatable bonds is 5. The van der Waals surface area contributed by atoms with Crippen LogP contribution in [0, 0.1) is 0 Å². The van der Waals surface area contributed by atoms with Gasteiger partial charge in [-0.1, -0.05) is 28.1 Å². The standard InChI is InChI=1S/C15H14BrNO3S/c1-10(11-2-4-13(16)5-3-11)17-14(18)8-20-15(19)12-6-7-21-9-12/h2-7,9-10H,8H2,1H3,(H,17,18). The predicted octanol–water partition coefficient (Wildman–Crippen LogP) is 3.54. The van der Waals surface area contributed by atoms with Crippen molar-refractivity contribution in [1.82, 2.24) is 5.32 Å². The molecule has 0 aliphatic heterocycles. The van der Waals surface area contributed by atoms with Gasteiger partial charge in [0.25, 0.3) is 5.91 Å². The van der Waals surface area contributed by atoms with Crippen molar-refractivity contribution in [3.8, 4) is 0 Å². The normalized spacial score (nSPS) is 11.7. The van der Waals surface area contributed by atoms with Crippen LogP contribution >= 0.6 is 27.3 Å². The Bertz CT molecular complexity index is 610. The van der Waals surface area contributed by atoms with Gasteiger partial charge in [0.05, 0.1) is 11.6 Å². The fourth-order valence-electron chi connectivity index (χ4n) is 1.71. The molecule has 1 atom stereocenters. The van der Waals surface area contributed by atoms with Gasteiger partial charge in [0.1, 0.15) is 0 Å². The largest absolute Gasteiger partial charge is 0.452 e. The Morgan fingerprint density at radius 1 is 1.29 bits per heavy atom. The van der Waals surface area contributed by atoms with Crippen LogP contribution in [0.15, 0.2) is 45.6 Å². The van der Waals surface area contributed by atoms with Gasteiger partial charge in [-0.25, -0.2) is 4.79 Å². The van der Waals surface area contributed by atoms with Crippen LogP contribution in [0.1, 0.15) is 28.9 Å². The molecule has 1 aromatic heterocycles. The fourth-order valence-corrected chi connectivity index (χ4v) is 2.60. The van der Waals surface area contributed by atoms with E-state index in [-0.39, 0.29) is 18.6 Å². The second-order valence-electron chi connectivity index (χ2n) is 4.43. The first kappa shape index (κ1) is 15.7. The Balaban J connectivity index is 1.81. The third-order valence-electron chi connectivity index (χ3n) is 2.84. The lowest BCUT2D eigenvalue weighted by molar-refractivity contribution is -0.124. The van der Waals surface area contributed by atoms with Crippen LogP contribution in [-0.2, 0) is 9.53 Å². The van der Waals surface area contributed by atoms with Crippen molar-refractivity contribution >= 4 is 39.1 Å². The van der Waals surface area contributed by atoms with Gasteiger partial charge >= 0.3 is 5.97 Å². The lowest BCUT2D eigenvalue weighted by Crippen LogP contribution is -2.31. The highest BCUT2D eigenvalue weighted by atomic mass is 79.9. The van der Waals surface area contributed by atoms with Gasteiger partial charge in [0.15, 0.2) is 6.61 Å². The number of thiophene rings is 1. The van der Waals surface area contributed by atoms with Crippen LogP contribution in [0.4, 0.5) is 0 Å². The SMILES string of the molecule is CC(NC(=O)COC(=O)c1ccsc1)c1ccc(Br)cc1. The van der Waals surface area contributed by atoms with E-state index in [1.54, 1.807) is 16.8 Å². The summed E-state index contributed by atoms with van der Waals surface area (Å²) >= 11 is 4.77. The Kier molecular flexibility index (Phi) is 5.52.